The number of ether oxygens (including phenoxy) is 3. The average Bonchev–Trinajstić information content (AvgIpc) is 2.62. The highest BCUT2D eigenvalue weighted by Crippen LogP contribution is 2.57. The van der Waals surface area contributed by atoms with E-state index in [0.29, 0.717) is 19.1 Å². The summed E-state index contributed by atoms with van der Waals surface area (Å²) in [6, 6.07) is 0. The Hall–Kier alpha value is -0.610. The molecule has 0 radical (unpaired) electrons. The third kappa shape index (κ3) is 1.31. The number of epoxide rings is 1. The van der Waals surface area contributed by atoms with Crippen molar-refractivity contribution in [2.45, 2.75) is 37.9 Å². The quantitative estimate of drug-likeness (QED) is 0.522. The monoisotopic (exact) mass is 214 g/mol. The largest absolute Gasteiger partial charge is 0.467 e. The number of carbonyl (C=O) groups excluding carboxylic acids is 1. The molecule has 15 heavy (non-hydrogen) atoms. The molecule has 3 unspecified atom stereocenters. The molecular formula is C11H18O4. The maximum absolute atomic E-state index is 11.6. The number of esters is 1. The van der Waals surface area contributed by atoms with Crippen molar-refractivity contribution < 1.29 is 19.0 Å². The molecule has 3 atom stereocenters. The lowest BCUT2D eigenvalue weighted by Crippen LogP contribution is -2.37. The molecule has 0 aromatic rings. The lowest BCUT2D eigenvalue weighted by atomic mass is 9.82. The standard InChI is InChI=1S/C11H18O4/c1-4-5-8-6-14-7-11(8)10(2,15-11)9(12)13-3/h8H,4-7H2,1-3H3. The third-order valence-electron chi connectivity index (χ3n) is 3.66. The van der Waals surface area contributed by atoms with Gasteiger partial charge in [0.2, 0.25) is 0 Å². The first kappa shape index (κ1) is 10.9. The first-order chi connectivity index (χ1) is 7.10. The van der Waals surface area contributed by atoms with E-state index >= 15 is 0 Å². The van der Waals surface area contributed by atoms with E-state index in [4.69, 9.17) is 14.2 Å². The fraction of sp³-hybridized carbons (Fsp3) is 0.909. The maximum atomic E-state index is 11.6. The normalized spacial score (nSPS) is 43.3. The highest BCUT2D eigenvalue weighted by molar-refractivity contribution is 5.84. The van der Waals surface area contributed by atoms with Gasteiger partial charge in [-0.3, -0.25) is 0 Å². The predicted molar refractivity (Wildman–Crippen MR) is 53.5 cm³/mol. The van der Waals surface area contributed by atoms with E-state index in [1.807, 2.05) is 0 Å². The lowest BCUT2D eigenvalue weighted by Gasteiger charge is -2.15. The van der Waals surface area contributed by atoms with Crippen LogP contribution in [0.3, 0.4) is 0 Å². The van der Waals surface area contributed by atoms with Gasteiger partial charge < -0.3 is 14.2 Å². The fourth-order valence-electron chi connectivity index (χ4n) is 2.66. The Kier molecular flexibility index (Phi) is 2.51. The van der Waals surface area contributed by atoms with Gasteiger partial charge in [-0.1, -0.05) is 13.3 Å². The van der Waals surface area contributed by atoms with Crippen molar-refractivity contribution >= 4 is 5.97 Å². The molecule has 1 spiro atoms. The molecular weight excluding hydrogens is 196 g/mol. The number of rotatable bonds is 3. The maximum Gasteiger partial charge on any atom is 0.341 e. The summed E-state index contributed by atoms with van der Waals surface area (Å²) in [6.45, 7) is 5.14. The van der Waals surface area contributed by atoms with Crippen LogP contribution in [-0.2, 0) is 19.0 Å². The second-order valence-corrected chi connectivity index (χ2v) is 4.52. The minimum absolute atomic E-state index is 0.283. The average molecular weight is 214 g/mol. The highest BCUT2D eigenvalue weighted by atomic mass is 16.7. The Balaban J connectivity index is 2.13. The highest BCUT2D eigenvalue weighted by Gasteiger charge is 2.77. The Labute approximate surface area is 89.9 Å². The smallest absolute Gasteiger partial charge is 0.341 e. The zero-order chi connectivity index (χ0) is 11.1. The van der Waals surface area contributed by atoms with Crippen molar-refractivity contribution in [1.82, 2.24) is 0 Å². The molecule has 2 heterocycles. The summed E-state index contributed by atoms with van der Waals surface area (Å²) in [5, 5.41) is 0. The van der Waals surface area contributed by atoms with E-state index < -0.39 is 11.2 Å². The molecule has 0 aromatic carbocycles. The van der Waals surface area contributed by atoms with E-state index in [0.717, 1.165) is 12.8 Å². The van der Waals surface area contributed by atoms with Gasteiger partial charge in [-0.05, 0) is 13.3 Å². The lowest BCUT2D eigenvalue weighted by molar-refractivity contribution is -0.146. The van der Waals surface area contributed by atoms with E-state index in [9.17, 15) is 4.79 Å². The summed E-state index contributed by atoms with van der Waals surface area (Å²) in [4.78, 5) is 11.6. The molecule has 0 saturated carbocycles. The van der Waals surface area contributed by atoms with E-state index in [2.05, 4.69) is 6.92 Å². The van der Waals surface area contributed by atoms with Gasteiger partial charge in [0.05, 0.1) is 20.3 Å². The molecule has 0 bridgehead atoms. The Morgan fingerprint density at radius 2 is 2.33 bits per heavy atom. The molecule has 2 saturated heterocycles. The van der Waals surface area contributed by atoms with Gasteiger partial charge in [0.1, 0.15) is 5.60 Å². The minimum atomic E-state index is -0.780. The molecule has 4 heteroatoms. The molecule has 0 aliphatic carbocycles. The van der Waals surface area contributed by atoms with Crippen molar-refractivity contribution in [3.8, 4) is 0 Å². The summed E-state index contributed by atoms with van der Waals surface area (Å²) < 4.78 is 15.9. The molecule has 0 N–H and O–H groups in total. The summed E-state index contributed by atoms with van der Waals surface area (Å²) in [5.41, 5.74) is -1.19. The van der Waals surface area contributed by atoms with Crippen molar-refractivity contribution in [2.75, 3.05) is 20.3 Å². The predicted octanol–water partition coefficient (Wildman–Crippen LogP) is 1.13. The fourth-order valence-corrected chi connectivity index (χ4v) is 2.66. The van der Waals surface area contributed by atoms with E-state index in [1.54, 1.807) is 6.92 Å². The third-order valence-corrected chi connectivity index (χ3v) is 3.66. The molecule has 86 valence electrons. The first-order valence-electron chi connectivity index (χ1n) is 5.47. The van der Waals surface area contributed by atoms with Crippen molar-refractivity contribution in [1.29, 1.82) is 0 Å². The second kappa shape index (κ2) is 3.46. The molecule has 2 aliphatic rings. The zero-order valence-corrected chi connectivity index (χ0v) is 9.54. The van der Waals surface area contributed by atoms with E-state index in [1.165, 1.54) is 7.11 Å². The van der Waals surface area contributed by atoms with Crippen LogP contribution in [-0.4, -0.2) is 37.5 Å². The van der Waals surface area contributed by atoms with Gasteiger partial charge in [-0.15, -0.1) is 0 Å². The summed E-state index contributed by atoms with van der Waals surface area (Å²) in [6.07, 6.45) is 2.11. The summed E-state index contributed by atoms with van der Waals surface area (Å²) in [5.74, 6) is 0.0423. The van der Waals surface area contributed by atoms with Gasteiger partial charge >= 0.3 is 5.97 Å². The Morgan fingerprint density at radius 3 is 2.93 bits per heavy atom. The SMILES string of the molecule is CCCC1COCC12OC2(C)C(=O)OC. The number of methoxy groups -OCH3 is 1. The van der Waals surface area contributed by atoms with Crippen LogP contribution in [0.25, 0.3) is 0 Å². The van der Waals surface area contributed by atoms with Crippen LogP contribution in [0.2, 0.25) is 0 Å². The number of carbonyl (C=O) groups is 1. The van der Waals surface area contributed by atoms with Crippen molar-refractivity contribution in [3.05, 3.63) is 0 Å². The van der Waals surface area contributed by atoms with Crippen LogP contribution in [0.5, 0.6) is 0 Å². The van der Waals surface area contributed by atoms with Crippen molar-refractivity contribution in [2.24, 2.45) is 5.92 Å². The van der Waals surface area contributed by atoms with Crippen LogP contribution in [0.1, 0.15) is 26.7 Å². The number of hydrogen-bond donors (Lipinski definition) is 0. The van der Waals surface area contributed by atoms with Crippen LogP contribution >= 0.6 is 0 Å². The second-order valence-electron chi connectivity index (χ2n) is 4.52. The van der Waals surface area contributed by atoms with Gasteiger partial charge in [0, 0.05) is 5.92 Å². The molecule has 2 rings (SSSR count). The van der Waals surface area contributed by atoms with Crippen LogP contribution in [0.4, 0.5) is 0 Å². The topological polar surface area (TPSA) is 48.1 Å². The van der Waals surface area contributed by atoms with Crippen LogP contribution < -0.4 is 0 Å². The van der Waals surface area contributed by atoms with Crippen molar-refractivity contribution in [3.63, 3.8) is 0 Å². The Bertz CT molecular complexity index is 278. The molecule has 4 nitrogen and oxygen atoms in total. The van der Waals surface area contributed by atoms with Gasteiger partial charge in [-0.2, -0.15) is 0 Å². The van der Waals surface area contributed by atoms with Gasteiger partial charge in [0.15, 0.2) is 5.60 Å². The van der Waals surface area contributed by atoms with Gasteiger partial charge in [-0.25, -0.2) is 4.79 Å². The first-order valence-corrected chi connectivity index (χ1v) is 5.47. The van der Waals surface area contributed by atoms with Gasteiger partial charge in [0.25, 0.3) is 0 Å². The summed E-state index contributed by atoms with van der Waals surface area (Å²) >= 11 is 0. The Morgan fingerprint density at radius 1 is 1.60 bits per heavy atom. The molecule has 2 fully saturated rings. The van der Waals surface area contributed by atoms with E-state index in [-0.39, 0.29) is 5.97 Å². The number of hydrogen-bond acceptors (Lipinski definition) is 4. The summed E-state index contributed by atoms with van der Waals surface area (Å²) in [7, 11) is 1.40. The molecule has 2 aliphatic heterocycles. The van der Waals surface area contributed by atoms with Crippen LogP contribution in [0, 0.1) is 5.92 Å². The zero-order valence-electron chi connectivity index (χ0n) is 9.54. The van der Waals surface area contributed by atoms with Crippen LogP contribution in [0.15, 0.2) is 0 Å². The molecule has 0 amide bonds. The minimum Gasteiger partial charge on any atom is -0.467 e. The molecule has 0 aromatic heterocycles.